The minimum Gasteiger partial charge on any atom is -0.508 e. The number of aromatic hydroxyl groups is 2. The SMILES string of the molecule is Cc1cc(C)c(C)c(O)c1.Cc1ccccc1O. The van der Waals surface area contributed by atoms with Crippen LogP contribution >= 0.6 is 0 Å². The van der Waals surface area contributed by atoms with Gasteiger partial charge in [0.1, 0.15) is 11.5 Å². The number of para-hydroxylation sites is 1. The third-order valence-corrected chi connectivity index (χ3v) is 2.90. The van der Waals surface area contributed by atoms with Gasteiger partial charge in [0.15, 0.2) is 0 Å². The van der Waals surface area contributed by atoms with Gasteiger partial charge < -0.3 is 10.2 Å². The fourth-order valence-electron chi connectivity index (χ4n) is 1.58. The van der Waals surface area contributed by atoms with E-state index < -0.39 is 0 Å². The molecular formula is C16H20O2. The van der Waals surface area contributed by atoms with Crippen LogP contribution in [0.4, 0.5) is 0 Å². The molecule has 0 saturated carbocycles. The van der Waals surface area contributed by atoms with E-state index in [4.69, 9.17) is 5.11 Å². The Bertz CT molecular complexity index is 486. The molecule has 0 bridgehead atoms. The van der Waals surface area contributed by atoms with Crippen LogP contribution in [0.2, 0.25) is 0 Å². The van der Waals surface area contributed by atoms with Gasteiger partial charge in [-0.15, -0.1) is 0 Å². The van der Waals surface area contributed by atoms with Crippen molar-refractivity contribution in [3.63, 3.8) is 0 Å². The molecule has 0 heterocycles. The maximum absolute atomic E-state index is 9.28. The normalized spacial score (nSPS) is 9.56. The molecule has 2 aromatic carbocycles. The van der Waals surface area contributed by atoms with Gasteiger partial charge in [0.05, 0.1) is 0 Å². The summed E-state index contributed by atoms with van der Waals surface area (Å²) in [6.45, 7) is 7.77. The second-order valence-electron chi connectivity index (χ2n) is 4.51. The number of phenols is 2. The Kier molecular flexibility index (Phi) is 4.78. The van der Waals surface area contributed by atoms with Crippen LogP contribution in [-0.4, -0.2) is 10.2 Å². The first-order valence-electron chi connectivity index (χ1n) is 5.93. The van der Waals surface area contributed by atoms with E-state index in [9.17, 15) is 5.11 Å². The van der Waals surface area contributed by atoms with E-state index in [1.54, 1.807) is 12.1 Å². The maximum atomic E-state index is 9.28. The van der Waals surface area contributed by atoms with Gasteiger partial charge >= 0.3 is 0 Å². The second kappa shape index (κ2) is 6.10. The number of hydrogen-bond donors (Lipinski definition) is 2. The Balaban J connectivity index is 0.000000184. The van der Waals surface area contributed by atoms with Crippen LogP contribution < -0.4 is 0 Å². The van der Waals surface area contributed by atoms with Gasteiger partial charge in [-0.1, -0.05) is 24.3 Å². The standard InChI is InChI=1S/C9H12O.C7H8O/c1-6-4-7(2)8(3)9(10)5-6;1-6-4-2-3-5-7(6)8/h4-5,10H,1-3H3;2-5,8H,1H3. The molecule has 0 aliphatic heterocycles. The summed E-state index contributed by atoms with van der Waals surface area (Å²) in [7, 11) is 0. The van der Waals surface area contributed by atoms with Crippen molar-refractivity contribution in [1.29, 1.82) is 0 Å². The van der Waals surface area contributed by atoms with Crippen LogP contribution in [0.25, 0.3) is 0 Å². The molecule has 0 unspecified atom stereocenters. The summed E-state index contributed by atoms with van der Waals surface area (Å²) in [5, 5.41) is 18.2. The molecule has 96 valence electrons. The number of phenolic OH excluding ortho intramolecular Hbond substituents is 2. The van der Waals surface area contributed by atoms with Gasteiger partial charge in [-0.25, -0.2) is 0 Å². The molecule has 0 amide bonds. The summed E-state index contributed by atoms with van der Waals surface area (Å²) in [6.07, 6.45) is 0. The lowest BCUT2D eigenvalue weighted by Crippen LogP contribution is -1.82. The van der Waals surface area contributed by atoms with E-state index >= 15 is 0 Å². The topological polar surface area (TPSA) is 40.5 Å². The Morgan fingerprint density at radius 1 is 0.722 bits per heavy atom. The first-order chi connectivity index (χ1) is 8.41. The van der Waals surface area contributed by atoms with E-state index in [2.05, 4.69) is 6.07 Å². The van der Waals surface area contributed by atoms with Crippen molar-refractivity contribution in [1.82, 2.24) is 0 Å². The number of hydrogen-bond acceptors (Lipinski definition) is 2. The minimum atomic E-state index is 0.368. The molecule has 0 aromatic heterocycles. The molecule has 0 fully saturated rings. The van der Waals surface area contributed by atoms with Gasteiger partial charge in [0.25, 0.3) is 0 Å². The lowest BCUT2D eigenvalue weighted by Gasteiger charge is -2.03. The Hall–Kier alpha value is -1.96. The van der Waals surface area contributed by atoms with Crippen molar-refractivity contribution in [2.75, 3.05) is 0 Å². The lowest BCUT2D eigenvalue weighted by atomic mass is 10.1. The molecule has 2 nitrogen and oxygen atoms in total. The first kappa shape index (κ1) is 14.1. The smallest absolute Gasteiger partial charge is 0.119 e. The summed E-state index contributed by atoms with van der Waals surface area (Å²) in [6, 6.07) is 11.1. The molecule has 2 rings (SSSR count). The average molecular weight is 244 g/mol. The highest BCUT2D eigenvalue weighted by Gasteiger charge is 1.98. The third kappa shape index (κ3) is 3.81. The largest absolute Gasteiger partial charge is 0.508 e. The maximum Gasteiger partial charge on any atom is 0.119 e. The molecule has 2 N–H and O–H groups in total. The van der Waals surface area contributed by atoms with E-state index in [-0.39, 0.29) is 0 Å². The fourth-order valence-corrected chi connectivity index (χ4v) is 1.58. The van der Waals surface area contributed by atoms with Crippen LogP contribution in [0.1, 0.15) is 22.3 Å². The van der Waals surface area contributed by atoms with Crippen molar-refractivity contribution >= 4 is 0 Å². The van der Waals surface area contributed by atoms with Gasteiger partial charge in [-0.3, -0.25) is 0 Å². The molecule has 18 heavy (non-hydrogen) atoms. The Labute approximate surface area is 109 Å². The molecule has 0 aliphatic carbocycles. The Morgan fingerprint density at radius 3 is 1.78 bits per heavy atom. The average Bonchev–Trinajstić information content (AvgIpc) is 2.31. The van der Waals surface area contributed by atoms with Crippen LogP contribution in [0.3, 0.4) is 0 Å². The van der Waals surface area contributed by atoms with E-state index in [0.717, 1.165) is 22.3 Å². The third-order valence-electron chi connectivity index (χ3n) is 2.90. The summed E-state index contributed by atoms with van der Waals surface area (Å²) in [4.78, 5) is 0. The predicted molar refractivity (Wildman–Crippen MR) is 75.2 cm³/mol. The zero-order valence-electron chi connectivity index (χ0n) is 11.4. The lowest BCUT2D eigenvalue weighted by molar-refractivity contribution is 0.470. The first-order valence-corrected chi connectivity index (χ1v) is 5.93. The van der Waals surface area contributed by atoms with Crippen molar-refractivity contribution in [3.05, 3.63) is 58.7 Å². The van der Waals surface area contributed by atoms with Crippen molar-refractivity contribution < 1.29 is 10.2 Å². The highest BCUT2D eigenvalue weighted by molar-refractivity contribution is 5.40. The monoisotopic (exact) mass is 244 g/mol. The van der Waals surface area contributed by atoms with Crippen molar-refractivity contribution in [2.45, 2.75) is 27.7 Å². The molecule has 0 atom stereocenters. The summed E-state index contributed by atoms with van der Waals surface area (Å²) >= 11 is 0. The molecule has 0 radical (unpaired) electrons. The van der Waals surface area contributed by atoms with E-state index in [1.165, 1.54) is 0 Å². The quantitative estimate of drug-likeness (QED) is 0.735. The number of rotatable bonds is 0. The molecule has 0 spiro atoms. The van der Waals surface area contributed by atoms with Crippen LogP contribution in [0.15, 0.2) is 36.4 Å². The zero-order valence-corrected chi connectivity index (χ0v) is 11.4. The van der Waals surface area contributed by atoms with Crippen LogP contribution in [0.5, 0.6) is 11.5 Å². The van der Waals surface area contributed by atoms with Gasteiger partial charge in [0.2, 0.25) is 0 Å². The number of aryl methyl sites for hydroxylation is 3. The predicted octanol–water partition coefficient (Wildman–Crippen LogP) is 4.02. The minimum absolute atomic E-state index is 0.368. The zero-order chi connectivity index (χ0) is 13.7. The Morgan fingerprint density at radius 2 is 1.33 bits per heavy atom. The van der Waals surface area contributed by atoms with Crippen molar-refractivity contribution in [2.24, 2.45) is 0 Å². The van der Waals surface area contributed by atoms with E-state index in [1.807, 2.05) is 45.9 Å². The van der Waals surface area contributed by atoms with Gasteiger partial charge in [-0.2, -0.15) is 0 Å². The molecular weight excluding hydrogens is 224 g/mol. The van der Waals surface area contributed by atoms with Gasteiger partial charge in [-0.05, 0) is 62.1 Å². The van der Waals surface area contributed by atoms with E-state index in [0.29, 0.717) is 11.5 Å². The summed E-state index contributed by atoms with van der Waals surface area (Å²) < 4.78 is 0. The van der Waals surface area contributed by atoms with Crippen LogP contribution in [0, 0.1) is 27.7 Å². The highest BCUT2D eigenvalue weighted by atomic mass is 16.3. The molecule has 0 aliphatic rings. The molecule has 0 saturated heterocycles. The molecule has 2 aromatic rings. The summed E-state index contributed by atoms with van der Waals surface area (Å²) in [5.74, 6) is 0.769. The number of benzene rings is 2. The second-order valence-corrected chi connectivity index (χ2v) is 4.51. The highest BCUT2D eigenvalue weighted by Crippen LogP contribution is 2.20. The fraction of sp³-hybridized carbons (Fsp3) is 0.250. The van der Waals surface area contributed by atoms with Gasteiger partial charge in [0, 0.05) is 0 Å². The summed E-state index contributed by atoms with van der Waals surface area (Å²) in [5.41, 5.74) is 4.16. The van der Waals surface area contributed by atoms with Crippen LogP contribution in [-0.2, 0) is 0 Å². The molecule has 2 heteroatoms. The van der Waals surface area contributed by atoms with Crippen molar-refractivity contribution in [3.8, 4) is 11.5 Å².